The minimum absolute atomic E-state index is 0.220. The number of nitriles is 1. The first-order valence-corrected chi connectivity index (χ1v) is 7.72. The van der Waals surface area contributed by atoms with Crippen molar-refractivity contribution in [2.75, 3.05) is 11.9 Å². The Morgan fingerprint density at radius 2 is 1.95 bits per heavy atom. The third-order valence-electron chi connectivity index (χ3n) is 3.62. The van der Waals surface area contributed by atoms with E-state index in [-0.39, 0.29) is 12.6 Å². The highest BCUT2D eigenvalue weighted by Crippen LogP contribution is 2.19. The molecule has 22 heavy (non-hydrogen) atoms. The van der Waals surface area contributed by atoms with Crippen LogP contribution in [0.3, 0.4) is 0 Å². The van der Waals surface area contributed by atoms with Gasteiger partial charge in [0.2, 0.25) is 0 Å². The Bertz CT molecular complexity index is 543. The van der Waals surface area contributed by atoms with Crippen LogP contribution < -0.4 is 10.6 Å². The normalized spacial score (nSPS) is 10.9. The molecule has 5 nitrogen and oxygen atoms in total. The van der Waals surface area contributed by atoms with Crippen LogP contribution >= 0.6 is 0 Å². The SMILES string of the molecule is CCCC(O)(CCC)CNC(=O)Nc1cc(C#N)ccc1C. The van der Waals surface area contributed by atoms with E-state index in [0.717, 1.165) is 18.4 Å². The summed E-state index contributed by atoms with van der Waals surface area (Å²) in [5.74, 6) is 0. The van der Waals surface area contributed by atoms with Gasteiger partial charge < -0.3 is 15.7 Å². The number of urea groups is 1. The average Bonchev–Trinajstić information content (AvgIpc) is 2.48. The maximum Gasteiger partial charge on any atom is 0.319 e. The van der Waals surface area contributed by atoms with Gasteiger partial charge in [-0.25, -0.2) is 4.79 Å². The molecule has 120 valence electrons. The number of rotatable bonds is 7. The Morgan fingerprint density at radius 1 is 1.32 bits per heavy atom. The van der Waals surface area contributed by atoms with Gasteiger partial charge in [0, 0.05) is 12.2 Å². The number of benzene rings is 1. The molecule has 0 aliphatic heterocycles. The van der Waals surface area contributed by atoms with Crippen LogP contribution in [0.15, 0.2) is 18.2 Å². The van der Waals surface area contributed by atoms with Crippen LogP contribution in [0.25, 0.3) is 0 Å². The van der Waals surface area contributed by atoms with Crippen LogP contribution in [-0.2, 0) is 0 Å². The van der Waals surface area contributed by atoms with Crippen LogP contribution in [0.2, 0.25) is 0 Å². The number of carbonyl (C=O) groups excluding carboxylic acids is 1. The molecule has 3 N–H and O–H groups in total. The number of amides is 2. The molecule has 0 bridgehead atoms. The van der Waals surface area contributed by atoms with Crippen LogP contribution in [0.1, 0.15) is 50.7 Å². The molecule has 1 aromatic carbocycles. The molecule has 2 amide bonds. The molecule has 0 fully saturated rings. The van der Waals surface area contributed by atoms with Crippen LogP contribution in [0.4, 0.5) is 10.5 Å². The standard InChI is InChI=1S/C17H25N3O2/c1-4-8-17(22,9-5-2)12-19-16(21)20-15-10-14(11-18)7-6-13(15)3/h6-7,10,22H,4-5,8-9,12H2,1-3H3,(H2,19,20,21). The predicted molar refractivity (Wildman–Crippen MR) is 87.7 cm³/mol. The molecule has 1 aromatic rings. The van der Waals surface area contributed by atoms with Gasteiger partial charge in [0.15, 0.2) is 0 Å². The topological polar surface area (TPSA) is 85.2 Å². The third-order valence-corrected chi connectivity index (χ3v) is 3.62. The summed E-state index contributed by atoms with van der Waals surface area (Å²) in [4.78, 5) is 12.0. The number of nitrogens with zero attached hydrogens (tertiary/aromatic N) is 1. The molecule has 0 saturated heterocycles. The second-order valence-corrected chi connectivity index (χ2v) is 5.67. The van der Waals surface area contributed by atoms with E-state index in [0.29, 0.717) is 24.1 Å². The Morgan fingerprint density at radius 3 is 2.50 bits per heavy atom. The van der Waals surface area contributed by atoms with E-state index in [1.54, 1.807) is 18.2 Å². The van der Waals surface area contributed by atoms with E-state index in [1.807, 2.05) is 26.8 Å². The van der Waals surface area contributed by atoms with Gasteiger partial charge >= 0.3 is 6.03 Å². The number of anilines is 1. The molecular formula is C17H25N3O2. The fourth-order valence-electron chi connectivity index (χ4n) is 2.47. The monoisotopic (exact) mass is 303 g/mol. The van der Waals surface area contributed by atoms with Crippen molar-refractivity contribution in [2.24, 2.45) is 0 Å². The van der Waals surface area contributed by atoms with Crippen molar-refractivity contribution in [3.8, 4) is 6.07 Å². The lowest BCUT2D eigenvalue weighted by Crippen LogP contribution is -2.44. The molecular weight excluding hydrogens is 278 g/mol. The quantitative estimate of drug-likeness (QED) is 0.722. The van der Waals surface area contributed by atoms with E-state index in [9.17, 15) is 9.90 Å². The van der Waals surface area contributed by atoms with Crippen LogP contribution in [0, 0.1) is 18.3 Å². The minimum Gasteiger partial charge on any atom is -0.388 e. The average molecular weight is 303 g/mol. The number of nitrogens with one attached hydrogen (secondary N) is 2. The van der Waals surface area contributed by atoms with Gasteiger partial charge in [-0.3, -0.25) is 0 Å². The molecule has 1 rings (SSSR count). The Labute approximate surface area is 132 Å². The van der Waals surface area contributed by atoms with Crippen molar-refractivity contribution >= 4 is 11.7 Å². The number of aryl methyl sites for hydroxylation is 1. The third kappa shape index (κ3) is 5.38. The van der Waals surface area contributed by atoms with E-state index in [2.05, 4.69) is 10.6 Å². The zero-order valence-corrected chi connectivity index (χ0v) is 13.6. The Kier molecular flexibility index (Phi) is 6.87. The second kappa shape index (κ2) is 8.40. The van der Waals surface area contributed by atoms with Crippen molar-refractivity contribution in [1.29, 1.82) is 5.26 Å². The zero-order valence-electron chi connectivity index (χ0n) is 13.6. The summed E-state index contributed by atoms with van der Waals surface area (Å²) in [6, 6.07) is 6.81. The second-order valence-electron chi connectivity index (χ2n) is 5.67. The first kappa shape index (κ1) is 18.0. The summed E-state index contributed by atoms with van der Waals surface area (Å²) in [5.41, 5.74) is 1.12. The first-order valence-electron chi connectivity index (χ1n) is 7.72. The molecule has 0 unspecified atom stereocenters. The summed E-state index contributed by atoms with van der Waals surface area (Å²) in [6.45, 7) is 6.10. The van der Waals surface area contributed by atoms with Gasteiger partial charge in [0.05, 0.1) is 17.2 Å². The molecule has 0 saturated carbocycles. The summed E-state index contributed by atoms with van der Waals surface area (Å²) >= 11 is 0. The Balaban J connectivity index is 2.65. The molecule has 5 heteroatoms. The minimum atomic E-state index is -0.857. The fourth-order valence-corrected chi connectivity index (χ4v) is 2.47. The molecule has 0 spiro atoms. The van der Waals surface area contributed by atoms with Crippen molar-refractivity contribution in [3.63, 3.8) is 0 Å². The van der Waals surface area contributed by atoms with E-state index >= 15 is 0 Å². The number of hydrogen-bond acceptors (Lipinski definition) is 3. The lowest BCUT2D eigenvalue weighted by atomic mass is 9.93. The van der Waals surface area contributed by atoms with Gasteiger partial charge in [-0.2, -0.15) is 5.26 Å². The molecule has 0 aliphatic rings. The van der Waals surface area contributed by atoms with Gasteiger partial charge in [0.25, 0.3) is 0 Å². The predicted octanol–water partition coefficient (Wildman–Crippen LogP) is 3.32. The molecule has 0 atom stereocenters. The molecule has 0 radical (unpaired) electrons. The highest BCUT2D eigenvalue weighted by molar-refractivity contribution is 5.90. The fraction of sp³-hybridized carbons (Fsp3) is 0.529. The summed E-state index contributed by atoms with van der Waals surface area (Å²) in [5, 5.41) is 24.8. The maximum atomic E-state index is 12.0. The van der Waals surface area contributed by atoms with Gasteiger partial charge in [-0.15, -0.1) is 0 Å². The number of carbonyl (C=O) groups is 1. The van der Waals surface area contributed by atoms with E-state index in [4.69, 9.17) is 5.26 Å². The van der Waals surface area contributed by atoms with Crippen molar-refractivity contribution in [3.05, 3.63) is 29.3 Å². The molecule has 0 heterocycles. The summed E-state index contributed by atoms with van der Waals surface area (Å²) in [6.07, 6.45) is 3.04. The Hall–Kier alpha value is -2.06. The van der Waals surface area contributed by atoms with Crippen LogP contribution in [-0.4, -0.2) is 23.3 Å². The van der Waals surface area contributed by atoms with Gasteiger partial charge in [-0.05, 0) is 37.5 Å². The lowest BCUT2D eigenvalue weighted by Gasteiger charge is -2.27. The maximum absolute atomic E-state index is 12.0. The van der Waals surface area contributed by atoms with Gasteiger partial charge in [0.1, 0.15) is 0 Å². The van der Waals surface area contributed by atoms with E-state index < -0.39 is 5.60 Å². The highest BCUT2D eigenvalue weighted by Gasteiger charge is 2.25. The number of aliphatic hydroxyl groups is 1. The lowest BCUT2D eigenvalue weighted by molar-refractivity contribution is 0.0245. The van der Waals surface area contributed by atoms with Crippen molar-refractivity contribution < 1.29 is 9.90 Å². The smallest absolute Gasteiger partial charge is 0.319 e. The summed E-state index contributed by atoms with van der Waals surface area (Å²) in [7, 11) is 0. The molecule has 0 aliphatic carbocycles. The zero-order chi connectivity index (χ0) is 16.6. The van der Waals surface area contributed by atoms with Crippen molar-refractivity contribution in [1.82, 2.24) is 5.32 Å². The van der Waals surface area contributed by atoms with Crippen LogP contribution in [0.5, 0.6) is 0 Å². The highest BCUT2D eigenvalue weighted by atomic mass is 16.3. The van der Waals surface area contributed by atoms with E-state index in [1.165, 1.54) is 0 Å². The number of hydrogen-bond donors (Lipinski definition) is 3. The van der Waals surface area contributed by atoms with Crippen molar-refractivity contribution in [2.45, 2.75) is 52.1 Å². The summed E-state index contributed by atoms with van der Waals surface area (Å²) < 4.78 is 0. The first-order chi connectivity index (χ1) is 10.4. The molecule has 0 aromatic heterocycles. The van der Waals surface area contributed by atoms with Gasteiger partial charge in [-0.1, -0.05) is 32.8 Å². The largest absolute Gasteiger partial charge is 0.388 e.